The highest BCUT2D eigenvalue weighted by Crippen LogP contribution is 2.30. The number of aliphatic hydroxyl groups is 1. The molecule has 0 saturated heterocycles. The number of para-hydroxylation sites is 1. The lowest BCUT2D eigenvalue weighted by Gasteiger charge is -2.18. The number of benzene rings is 2. The summed E-state index contributed by atoms with van der Waals surface area (Å²) < 4.78 is 14.9. The van der Waals surface area contributed by atoms with Gasteiger partial charge in [0.05, 0.1) is 27.4 Å². The lowest BCUT2D eigenvalue weighted by Crippen LogP contribution is -2.23. The van der Waals surface area contributed by atoms with E-state index in [-0.39, 0.29) is 29.5 Å². The average molecular weight is 470 g/mol. The molecule has 1 aromatic heterocycles. The molecular weight excluding hydrogens is 454 g/mol. The summed E-state index contributed by atoms with van der Waals surface area (Å²) in [4.78, 5) is 17.9. The van der Waals surface area contributed by atoms with Crippen molar-refractivity contribution >= 4 is 40.5 Å². The van der Waals surface area contributed by atoms with Crippen LogP contribution < -0.4 is 5.56 Å². The molecule has 1 heterocycles. The molecule has 156 valence electrons. The topological polar surface area (TPSA) is 63.8 Å². The normalized spacial score (nSPS) is 11.6. The summed E-state index contributed by atoms with van der Waals surface area (Å²) in [5, 5.41) is 13.8. The Kier molecular flexibility index (Phi) is 7.15. The summed E-state index contributed by atoms with van der Waals surface area (Å²) in [6.45, 7) is 1.38. The molecule has 9 heteroatoms. The van der Waals surface area contributed by atoms with Crippen LogP contribution in [0.15, 0.2) is 58.5 Å². The van der Waals surface area contributed by atoms with Gasteiger partial charge in [-0.15, -0.1) is 0 Å². The number of oxime groups is 1. The first kappa shape index (κ1) is 22.3. The molecule has 0 aliphatic rings. The minimum Gasteiger partial charge on any atom is -0.393 e. The van der Waals surface area contributed by atoms with Crippen LogP contribution in [0.1, 0.15) is 16.8 Å². The van der Waals surface area contributed by atoms with Crippen LogP contribution in [0.4, 0.5) is 4.39 Å². The summed E-state index contributed by atoms with van der Waals surface area (Å²) >= 11 is 18.9. The molecule has 3 rings (SSSR count). The smallest absolute Gasteiger partial charge is 0.255 e. The lowest BCUT2D eigenvalue weighted by molar-refractivity contribution is 0.0988. The first-order chi connectivity index (χ1) is 14.3. The Bertz CT molecular complexity index is 1160. The zero-order valence-corrected chi connectivity index (χ0v) is 18.0. The lowest BCUT2D eigenvalue weighted by atomic mass is 10.0. The number of rotatable bonds is 6. The van der Waals surface area contributed by atoms with E-state index in [1.165, 1.54) is 22.8 Å². The first-order valence-corrected chi connectivity index (χ1v) is 9.92. The van der Waals surface area contributed by atoms with Crippen LogP contribution in [0, 0.1) is 12.7 Å². The Labute approximate surface area is 186 Å². The second-order valence-electron chi connectivity index (χ2n) is 6.20. The third-order valence-electron chi connectivity index (χ3n) is 4.28. The van der Waals surface area contributed by atoms with Crippen LogP contribution in [0.3, 0.4) is 0 Å². The molecule has 0 spiro atoms. The molecule has 0 saturated carbocycles. The number of aromatic nitrogens is 1. The van der Waals surface area contributed by atoms with Gasteiger partial charge >= 0.3 is 0 Å². The molecule has 0 aliphatic carbocycles. The second-order valence-corrected chi connectivity index (χ2v) is 7.42. The van der Waals surface area contributed by atoms with Gasteiger partial charge in [0.2, 0.25) is 0 Å². The van der Waals surface area contributed by atoms with Crippen LogP contribution in [-0.4, -0.2) is 28.6 Å². The molecule has 0 bridgehead atoms. The number of nitrogens with zero attached hydrogens (tertiary/aromatic N) is 2. The molecule has 0 fully saturated rings. The predicted octanol–water partition coefficient (Wildman–Crippen LogP) is 5.01. The Morgan fingerprint density at radius 3 is 2.37 bits per heavy atom. The fraction of sp³-hybridized carbons (Fsp3) is 0.143. The fourth-order valence-electron chi connectivity index (χ4n) is 2.94. The second kappa shape index (κ2) is 9.62. The van der Waals surface area contributed by atoms with Gasteiger partial charge in [0, 0.05) is 22.9 Å². The van der Waals surface area contributed by atoms with Crippen LogP contribution in [0.5, 0.6) is 0 Å². The molecule has 0 aliphatic heterocycles. The zero-order chi connectivity index (χ0) is 21.8. The first-order valence-electron chi connectivity index (χ1n) is 8.78. The van der Waals surface area contributed by atoms with E-state index in [0.29, 0.717) is 32.6 Å². The highest BCUT2D eigenvalue weighted by molar-refractivity contribution is 6.38. The highest BCUT2D eigenvalue weighted by Gasteiger charge is 2.20. The Morgan fingerprint density at radius 2 is 1.73 bits per heavy atom. The van der Waals surface area contributed by atoms with Gasteiger partial charge in [-0.25, -0.2) is 4.39 Å². The molecule has 0 radical (unpaired) electrons. The quantitative estimate of drug-likeness (QED) is 0.314. The molecule has 0 atom stereocenters. The van der Waals surface area contributed by atoms with E-state index in [2.05, 4.69) is 5.16 Å². The van der Waals surface area contributed by atoms with Crippen LogP contribution in [0.25, 0.3) is 5.69 Å². The molecule has 3 aromatic rings. The highest BCUT2D eigenvalue weighted by atomic mass is 35.5. The van der Waals surface area contributed by atoms with Gasteiger partial charge in [0.1, 0.15) is 18.1 Å². The fourth-order valence-corrected chi connectivity index (χ4v) is 3.77. The van der Waals surface area contributed by atoms with Gasteiger partial charge < -0.3 is 9.94 Å². The van der Waals surface area contributed by atoms with Crippen molar-refractivity contribution in [1.82, 2.24) is 4.57 Å². The van der Waals surface area contributed by atoms with Crippen molar-refractivity contribution in [2.45, 2.75) is 6.92 Å². The van der Waals surface area contributed by atoms with Crippen LogP contribution in [-0.2, 0) is 4.84 Å². The van der Waals surface area contributed by atoms with E-state index in [1.54, 1.807) is 31.2 Å². The molecule has 30 heavy (non-hydrogen) atoms. The molecule has 5 nitrogen and oxygen atoms in total. The van der Waals surface area contributed by atoms with Crippen molar-refractivity contribution in [3.63, 3.8) is 0 Å². The summed E-state index contributed by atoms with van der Waals surface area (Å²) in [5.74, 6) is -0.510. The van der Waals surface area contributed by atoms with Crippen molar-refractivity contribution in [2.24, 2.45) is 5.16 Å². The van der Waals surface area contributed by atoms with Gasteiger partial charge in [-0.2, -0.15) is 0 Å². The van der Waals surface area contributed by atoms with E-state index in [0.717, 1.165) is 6.07 Å². The molecule has 2 aromatic carbocycles. The van der Waals surface area contributed by atoms with E-state index < -0.39 is 5.82 Å². The number of hydrogen-bond acceptors (Lipinski definition) is 4. The summed E-state index contributed by atoms with van der Waals surface area (Å²) in [7, 11) is 0. The van der Waals surface area contributed by atoms with Crippen molar-refractivity contribution in [3.05, 3.63) is 96.6 Å². The number of hydrogen-bond donors (Lipinski definition) is 1. The minimum absolute atomic E-state index is 0.0582. The Balaban J connectivity index is 2.28. The van der Waals surface area contributed by atoms with Crippen LogP contribution >= 0.6 is 34.8 Å². The summed E-state index contributed by atoms with van der Waals surface area (Å²) in [5.41, 5.74) is 1.55. The van der Waals surface area contributed by atoms with Crippen molar-refractivity contribution in [3.8, 4) is 5.69 Å². The molecule has 0 unspecified atom stereocenters. The monoisotopic (exact) mass is 468 g/mol. The third-order valence-corrected chi connectivity index (χ3v) is 5.20. The maximum absolute atomic E-state index is 13.6. The van der Waals surface area contributed by atoms with Crippen molar-refractivity contribution in [1.29, 1.82) is 0 Å². The zero-order valence-electron chi connectivity index (χ0n) is 15.7. The van der Waals surface area contributed by atoms with Gasteiger partial charge in [-0.1, -0.05) is 46.0 Å². The Morgan fingerprint density at radius 1 is 1.07 bits per heavy atom. The van der Waals surface area contributed by atoms with E-state index in [1.807, 2.05) is 0 Å². The van der Waals surface area contributed by atoms with E-state index in [9.17, 15) is 9.18 Å². The van der Waals surface area contributed by atoms with Gasteiger partial charge in [-0.3, -0.25) is 9.36 Å². The van der Waals surface area contributed by atoms with Crippen molar-refractivity contribution in [2.75, 3.05) is 13.2 Å². The standard InChI is InChI=1S/C21H16Cl3FN2O3/c1-12-14(7-8-19(29)27(12)21-16(22)3-2-4-17(21)23)20(26-30-10-9-28)15-6-5-13(25)11-18(15)24/h2-8,11,28H,9-10H2,1H3. The summed E-state index contributed by atoms with van der Waals surface area (Å²) in [6, 6.07) is 11.6. The SMILES string of the molecule is Cc1c(C(=NOCCO)c2ccc(F)cc2Cl)ccc(=O)n1-c1c(Cl)cccc1Cl. The molecular formula is C21H16Cl3FN2O3. The largest absolute Gasteiger partial charge is 0.393 e. The average Bonchev–Trinajstić information content (AvgIpc) is 2.69. The number of halogens is 4. The van der Waals surface area contributed by atoms with Gasteiger partial charge in [-0.05, 0) is 43.3 Å². The molecule has 1 N–H and O–H groups in total. The minimum atomic E-state index is -0.510. The van der Waals surface area contributed by atoms with Gasteiger partial charge in [0.25, 0.3) is 5.56 Å². The molecule has 0 amide bonds. The maximum Gasteiger partial charge on any atom is 0.255 e. The number of pyridine rings is 1. The number of aliphatic hydroxyl groups excluding tert-OH is 1. The van der Waals surface area contributed by atoms with Crippen molar-refractivity contribution < 1.29 is 14.3 Å². The third kappa shape index (κ3) is 4.52. The Hall–Kier alpha value is -2.38. The van der Waals surface area contributed by atoms with E-state index in [4.69, 9.17) is 44.7 Å². The predicted molar refractivity (Wildman–Crippen MR) is 117 cm³/mol. The van der Waals surface area contributed by atoms with Gasteiger partial charge in [0.15, 0.2) is 0 Å². The maximum atomic E-state index is 13.6. The van der Waals surface area contributed by atoms with Crippen LogP contribution in [0.2, 0.25) is 15.1 Å². The van der Waals surface area contributed by atoms with E-state index >= 15 is 0 Å². The summed E-state index contributed by atoms with van der Waals surface area (Å²) in [6.07, 6.45) is 0.